The van der Waals surface area contributed by atoms with Crippen molar-refractivity contribution in [2.24, 2.45) is 5.73 Å². The predicted molar refractivity (Wildman–Crippen MR) is 71.9 cm³/mol. The fourth-order valence-corrected chi connectivity index (χ4v) is 2.04. The van der Waals surface area contributed by atoms with Gasteiger partial charge in [0.25, 0.3) is 0 Å². The summed E-state index contributed by atoms with van der Waals surface area (Å²) in [5, 5.41) is 0. The number of fused-ring (bicyclic) bond motifs is 1. The summed E-state index contributed by atoms with van der Waals surface area (Å²) < 4.78 is 27.0. The highest BCUT2D eigenvalue weighted by molar-refractivity contribution is 5.73. The quantitative estimate of drug-likeness (QED) is 0.779. The molecule has 0 saturated heterocycles. The third-order valence-electron chi connectivity index (χ3n) is 3.10. The van der Waals surface area contributed by atoms with Crippen LogP contribution in [0.3, 0.4) is 0 Å². The van der Waals surface area contributed by atoms with Gasteiger partial charge in [-0.05, 0) is 18.2 Å². The van der Waals surface area contributed by atoms with Gasteiger partial charge in [-0.1, -0.05) is 24.3 Å². The maximum atomic E-state index is 13.7. The third-order valence-corrected chi connectivity index (χ3v) is 3.10. The first-order chi connectivity index (χ1) is 9.66. The average Bonchev–Trinajstić information content (AvgIpc) is 2.49. The molecule has 0 aliphatic carbocycles. The molecule has 0 spiro atoms. The van der Waals surface area contributed by atoms with Crippen LogP contribution in [0.2, 0.25) is 0 Å². The standard InChI is InChI=1S/C15H11F2N3/c16-10-5-3-4-9(14(10)17)15(18)13-8-19-11-6-1-2-7-12(11)20-13/h1-8,15H,18H2. The lowest BCUT2D eigenvalue weighted by molar-refractivity contribution is 0.493. The van der Waals surface area contributed by atoms with Crippen LogP contribution in [0.4, 0.5) is 8.78 Å². The molecule has 3 aromatic rings. The lowest BCUT2D eigenvalue weighted by atomic mass is 10.0. The molecule has 0 fully saturated rings. The summed E-state index contributed by atoms with van der Waals surface area (Å²) in [6, 6.07) is 10.3. The second-order valence-electron chi connectivity index (χ2n) is 4.40. The molecule has 1 heterocycles. The molecule has 0 aliphatic heterocycles. The van der Waals surface area contributed by atoms with E-state index in [1.807, 2.05) is 18.2 Å². The molecule has 3 rings (SSSR count). The van der Waals surface area contributed by atoms with E-state index in [0.717, 1.165) is 11.6 Å². The molecule has 2 aromatic carbocycles. The highest BCUT2D eigenvalue weighted by Gasteiger charge is 2.18. The minimum Gasteiger partial charge on any atom is -0.319 e. The smallest absolute Gasteiger partial charge is 0.163 e. The molecule has 1 unspecified atom stereocenters. The van der Waals surface area contributed by atoms with Crippen molar-refractivity contribution in [2.45, 2.75) is 6.04 Å². The number of hydrogen-bond donors (Lipinski definition) is 1. The number of nitrogens with two attached hydrogens (primary N) is 1. The Kier molecular flexibility index (Phi) is 3.12. The first kappa shape index (κ1) is 12.6. The first-order valence-electron chi connectivity index (χ1n) is 6.08. The van der Waals surface area contributed by atoms with E-state index in [2.05, 4.69) is 9.97 Å². The van der Waals surface area contributed by atoms with Crippen LogP contribution in [0.25, 0.3) is 11.0 Å². The second-order valence-corrected chi connectivity index (χ2v) is 4.40. The number of rotatable bonds is 2. The molecular formula is C15H11F2N3. The van der Waals surface area contributed by atoms with E-state index < -0.39 is 17.7 Å². The zero-order valence-corrected chi connectivity index (χ0v) is 10.4. The van der Waals surface area contributed by atoms with E-state index >= 15 is 0 Å². The Morgan fingerprint density at radius 2 is 1.70 bits per heavy atom. The molecule has 1 aromatic heterocycles. The van der Waals surface area contributed by atoms with Gasteiger partial charge in [-0.25, -0.2) is 13.8 Å². The molecule has 0 amide bonds. The number of aromatic nitrogens is 2. The molecule has 0 radical (unpaired) electrons. The van der Waals surface area contributed by atoms with E-state index in [1.54, 1.807) is 6.07 Å². The van der Waals surface area contributed by atoms with E-state index in [-0.39, 0.29) is 5.56 Å². The molecule has 20 heavy (non-hydrogen) atoms. The maximum Gasteiger partial charge on any atom is 0.163 e. The Hall–Kier alpha value is -2.40. The van der Waals surface area contributed by atoms with E-state index in [4.69, 9.17) is 5.73 Å². The summed E-state index contributed by atoms with van der Waals surface area (Å²) in [5.41, 5.74) is 7.82. The molecule has 2 N–H and O–H groups in total. The largest absolute Gasteiger partial charge is 0.319 e. The van der Waals surface area contributed by atoms with Crippen molar-refractivity contribution in [3.63, 3.8) is 0 Å². The van der Waals surface area contributed by atoms with Gasteiger partial charge in [0.2, 0.25) is 0 Å². The van der Waals surface area contributed by atoms with E-state index in [9.17, 15) is 8.78 Å². The highest BCUT2D eigenvalue weighted by Crippen LogP contribution is 2.23. The van der Waals surface area contributed by atoms with Gasteiger partial charge in [0, 0.05) is 5.56 Å². The molecule has 0 bridgehead atoms. The van der Waals surface area contributed by atoms with Crippen LogP contribution in [0, 0.1) is 11.6 Å². The van der Waals surface area contributed by atoms with E-state index in [0.29, 0.717) is 11.2 Å². The van der Waals surface area contributed by atoms with E-state index in [1.165, 1.54) is 18.3 Å². The van der Waals surface area contributed by atoms with Crippen molar-refractivity contribution >= 4 is 11.0 Å². The SMILES string of the molecule is NC(c1cnc2ccccc2n1)c1cccc(F)c1F. The minimum atomic E-state index is -0.949. The van der Waals surface area contributed by atoms with Crippen LogP contribution in [-0.4, -0.2) is 9.97 Å². The zero-order chi connectivity index (χ0) is 14.1. The minimum absolute atomic E-state index is 0.0644. The van der Waals surface area contributed by atoms with Crippen molar-refractivity contribution in [1.82, 2.24) is 9.97 Å². The summed E-state index contributed by atoms with van der Waals surface area (Å²) >= 11 is 0. The molecule has 0 saturated carbocycles. The van der Waals surface area contributed by atoms with Gasteiger partial charge in [0.15, 0.2) is 11.6 Å². The molecule has 1 atom stereocenters. The predicted octanol–water partition coefficient (Wildman–Crippen LogP) is 2.96. The summed E-state index contributed by atoms with van der Waals surface area (Å²) in [6.45, 7) is 0. The van der Waals surface area contributed by atoms with Gasteiger partial charge in [-0.3, -0.25) is 4.98 Å². The summed E-state index contributed by atoms with van der Waals surface area (Å²) in [4.78, 5) is 8.57. The topological polar surface area (TPSA) is 51.8 Å². The fraction of sp³-hybridized carbons (Fsp3) is 0.0667. The maximum absolute atomic E-state index is 13.7. The highest BCUT2D eigenvalue weighted by atomic mass is 19.2. The van der Waals surface area contributed by atoms with Crippen molar-refractivity contribution in [3.8, 4) is 0 Å². The van der Waals surface area contributed by atoms with Crippen molar-refractivity contribution < 1.29 is 8.78 Å². The number of nitrogens with zero attached hydrogens (tertiary/aromatic N) is 2. The lowest BCUT2D eigenvalue weighted by Gasteiger charge is -2.13. The summed E-state index contributed by atoms with van der Waals surface area (Å²) in [5.74, 6) is -1.87. The van der Waals surface area contributed by atoms with Gasteiger partial charge in [-0.15, -0.1) is 0 Å². The van der Waals surface area contributed by atoms with Crippen LogP contribution in [-0.2, 0) is 0 Å². The summed E-state index contributed by atoms with van der Waals surface area (Å²) in [6.07, 6.45) is 1.48. The number of benzene rings is 2. The Balaban J connectivity index is 2.08. The van der Waals surface area contributed by atoms with Crippen molar-refractivity contribution in [3.05, 3.63) is 71.6 Å². The van der Waals surface area contributed by atoms with Crippen molar-refractivity contribution in [1.29, 1.82) is 0 Å². The Morgan fingerprint density at radius 3 is 2.50 bits per heavy atom. The number of hydrogen-bond acceptors (Lipinski definition) is 3. The van der Waals surface area contributed by atoms with Crippen molar-refractivity contribution in [2.75, 3.05) is 0 Å². The molecule has 0 aliphatic rings. The van der Waals surface area contributed by atoms with Crippen LogP contribution >= 0.6 is 0 Å². The monoisotopic (exact) mass is 271 g/mol. The van der Waals surface area contributed by atoms with Crippen LogP contribution in [0.1, 0.15) is 17.3 Å². The lowest BCUT2D eigenvalue weighted by Crippen LogP contribution is -2.16. The van der Waals surface area contributed by atoms with Crippen LogP contribution in [0.5, 0.6) is 0 Å². The average molecular weight is 271 g/mol. The van der Waals surface area contributed by atoms with Gasteiger partial charge in [0.05, 0.1) is 29.0 Å². The molecule has 5 heteroatoms. The number of para-hydroxylation sites is 2. The first-order valence-corrected chi connectivity index (χ1v) is 6.08. The molecular weight excluding hydrogens is 260 g/mol. The van der Waals surface area contributed by atoms with Gasteiger partial charge in [-0.2, -0.15) is 0 Å². The van der Waals surface area contributed by atoms with Crippen LogP contribution in [0.15, 0.2) is 48.7 Å². The van der Waals surface area contributed by atoms with Gasteiger partial charge < -0.3 is 5.73 Å². The Bertz CT molecular complexity index is 774. The molecule has 3 nitrogen and oxygen atoms in total. The number of halogens is 2. The Morgan fingerprint density at radius 1 is 0.950 bits per heavy atom. The third kappa shape index (κ3) is 2.12. The zero-order valence-electron chi connectivity index (χ0n) is 10.4. The normalized spacial score (nSPS) is 12.6. The van der Waals surface area contributed by atoms with Crippen LogP contribution < -0.4 is 5.73 Å². The summed E-state index contributed by atoms with van der Waals surface area (Å²) in [7, 11) is 0. The fourth-order valence-electron chi connectivity index (χ4n) is 2.04. The van der Waals surface area contributed by atoms with Gasteiger partial charge >= 0.3 is 0 Å². The Labute approximate surface area is 114 Å². The molecule has 100 valence electrons. The van der Waals surface area contributed by atoms with Gasteiger partial charge in [0.1, 0.15) is 0 Å². The second kappa shape index (κ2) is 4.94.